The third-order valence-corrected chi connectivity index (χ3v) is 4.46. The Bertz CT molecular complexity index is 750. The molecular weight excluding hydrogens is 344 g/mol. The number of rotatable bonds is 5. The van der Waals surface area contributed by atoms with E-state index in [2.05, 4.69) is 10.2 Å². The van der Waals surface area contributed by atoms with Gasteiger partial charge in [0.15, 0.2) is 0 Å². The molecule has 25 heavy (non-hydrogen) atoms. The predicted octanol–water partition coefficient (Wildman–Crippen LogP) is 1.85. The number of halogens is 1. The maximum Gasteiger partial charge on any atom is 0.271 e. The molecule has 1 aromatic heterocycles. The predicted molar refractivity (Wildman–Crippen MR) is 92.3 cm³/mol. The molecule has 2 amide bonds. The zero-order chi connectivity index (χ0) is 17.8. The highest BCUT2D eigenvalue weighted by Crippen LogP contribution is 2.27. The molecule has 132 valence electrons. The van der Waals surface area contributed by atoms with Gasteiger partial charge in [-0.25, -0.2) is 0 Å². The van der Waals surface area contributed by atoms with Gasteiger partial charge < -0.3 is 15.4 Å². The number of benzene rings is 1. The third-order valence-electron chi connectivity index (χ3n) is 4.23. The van der Waals surface area contributed by atoms with Crippen LogP contribution in [0.2, 0.25) is 5.02 Å². The van der Waals surface area contributed by atoms with E-state index in [0.29, 0.717) is 36.0 Å². The summed E-state index contributed by atoms with van der Waals surface area (Å²) in [5, 5.41) is 7.05. The fraction of sp³-hybridized carbons (Fsp3) is 0.353. The summed E-state index contributed by atoms with van der Waals surface area (Å²) >= 11 is 5.99. The molecule has 3 N–H and O–H groups in total. The molecule has 1 aromatic carbocycles. The molecule has 0 spiro atoms. The van der Waals surface area contributed by atoms with Crippen LogP contribution in [0.4, 0.5) is 0 Å². The Labute approximate surface area is 150 Å². The van der Waals surface area contributed by atoms with E-state index in [9.17, 15) is 9.59 Å². The average molecular weight is 363 g/mol. The van der Waals surface area contributed by atoms with Gasteiger partial charge in [-0.15, -0.1) is 0 Å². The minimum absolute atomic E-state index is 0.145. The molecule has 1 fully saturated rings. The second-order valence-corrected chi connectivity index (χ2v) is 6.49. The fourth-order valence-electron chi connectivity index (χ4n) is 3.07. The van der Waals surface area contributed by atoms with Gasteiger partial charge >= 0.3 is 0 Å². The van der Waals surface area contributed by atoms with Crippen LogP contribution in [0.1, 0.15) is 23.3 Å². The Hall–Kier alpha value is -2.54. The second kappa shape index (κ2) is 7.57. The number of hydrogen-bond donors (Lipinski definition) is 2. The summed E-state index contributed by atoms with van der Waals surface area (Å²) in [6.45, 7) is 0.921. The third kappa shape index (κ3) is 4.30. The number of nitrogens with one attached hydrogen (secondary N) is 1. The van der Waals surface area contributed by atoms with Gasteiger partial charge in [-0.1, -0.05) is 17.7 Å². The average Bonchev–Trinajstić information content (AvgIpc) is 3.10. The van der Waals surface area contributed by atoms with Gasteiger partial charge in [0.05, 0.1) is 0 Å². The van der Waals surface area contributed by atoms with Crippen molar-refractivity contribution in [2.75, 3.05) is 13.1 Å². The van der Waals surface area contributed by atoms with Crippen molar-refractivity contribution in [3.05, 3.63) is 47.2 Å². The molecule has 3 rings (SSSR count). The first kappa shape index (κ1) is 17.3. The number of H-pyrrole nitrogens is 1. The van der Waals surface area contributed by atoms with Crippen LogP contribution < -0.4 is 10.5 Å². The van der Waals surface area contributed by atoms with Crippen LogP contribution in [0.25, 0.3) is 0 Å². The normalized spacial score (nSPS) is 20.3. The Balaban J connectivity index is 1.72. The van der Waals surface area contributed by atoms with E-state index < -0.39 is 5.91 Å². The molecule has 2 atom stereocenters. The first-order chi connectivity index (χ1) is 12.0. The number of nitrogens with two attached hydrogens (primary N) is 1. The zero-order valence-electron chi connectivity index (χ0n) is 13.5. The van der Waals surface area contributed by atoms with Crippen molar-refractivity contribution in [2.24, 2.45) is 11.7 Å². The van der Waals surface area contributed by atoms with E-state index in [-0.39, 0.29) is 24.3 Å². The molecule has 0 saturated carbocycles. The van der Waals surface area contributed by atoms with Gasteiger partial charge in [-0.3, -0.25) is 14.7 Å². The summed E-state index contributed by atoms with van der Waals surface area (Å²) < 4.78 is 6.02. The Morgan fingerprint density at radius 2 is 2.24 bits per heavy atom. The number of hydrogen-bond acceptors (Lipinski definition) is 4. The van der Waals surface area contributed by atoms with E-state index in [0.717, 1.165) is 0 Å². The topological polar surface area (TPSA) is 101 Å². The summed E-state index contributed by atoms with van der Waals surface area (Å²) in [5.41, 5.74) is 5.81. The molecule has 8 heteroatoms. The van der Waals surface area contributed by atoms with Crippen molar-refractivity contribution in [3.63, 3.8) is 0 Å². The molecule has 2 aromatic rings. The number of aromatic nitrogens is 2. The van der Waals surface area contributed by atoms with E-state index in [1.165, 1.54) is 6.20 Å². The van der Waals surface area contributed by atoms with Gasteiger partial charge in [0.2, 0.25) is 5.91 Å². The minimum Gasteiger partial charge on any atom is -0.490 e. The van der Waals surface area contributed by atoms with Gasteiger partial charge in [0, 0.05) is 43.1 Å². The van der Waals surface area contributed by atoms with E-state index in [1.54, 1.807) is 29.2 Å². The SMILES string of the molecule is NC(=O)C[C@H]1CN(C(=O)c2ccn[nH]2)CC[C@@H]1Oc1cccc(Cl)c1. The quantitative estimate of drug-likeness (QED) is 0.847. The summed E-state index contributed by atoms with van der Waals surface area (Å²) in [7, 11) is 0. The molecule has 0 bridgehead atoms. The lowest BCUT2D eigenvalue weighted by Gasteiger charge is -2.38. The van der Waals surface area contributed by atoms with E-state index >= 15 is 0 Å². The largest absolute Gasteiger partial charge is 0.490 e. The molecule has 1 saturated heterocycles. The molecule has 0 radical (unpaired) electrons. The molecule has 0 aliphatic carbocycles. The molecule has 1 aliphatic heterocycles. The second-order valence-electron chi connectivity index (χ2n) is 6.05. The number of nitrogens with zero attached hydrogens (tertiary/aromatic N) is 2. The highest BCUT2D eigenvalue weighted by molar-refractivity contribution is 6.30. The smallest absolute Gasteiger partial charge is 0.271 e. The van der Waals surface area contributed by atoms with Crippen LogP contribution in [-0.4, -0.2) is 46.1 Å². The van der Waals surface area contributed by atoms with Crippen LogP contribution >= 0.6 is 11.6 Å². The Morgan fingerprint density at radius 3 is 2.92 bits per heavy atom. The number of ether oxygens (including phenoxy) is 1. The number of amides is 2. The molecule has 7 nitrogen and oxygen atoms in total. The van der Waals surface area contributed by atoms with Crippen LogP contribution in [-0.2, 0) is 4.79 Å². The van der Waals surface area contributed by atoms with E-state index in [4.69, 9.17) is 22.1 Å². The summed E-state index contributed by atoms with van der Waals surface area (Å²) in [5.74, 6) is -0.105. The zero-order valence-corrected chi connectivity index (χ0v) is 14.3. The molecule has 2 heterocycles. The van der Waals surface area contributed by atoms with Crippen molar-refractivity contribution in [1.29, 1.82) is 0 Å². The van der Waals surface area contributed by atoms with Crippen LogP contribution in [0.15, 0.2) is 36.5 Å². The van der Waals surface area contributed by atoms with Crippen LogP contribution in [0.5, 0.6) is 5.75 Å². The fourth-order valence-corrected chi connectivity index (χ4v) is 3.25. The lowest BCUT2D eigenvalue weighted by atomic mass is 9.91. The summed E-state index contributed by atoms with van der Waals surface area (Å²) in [6, 6.07) is 8.74. The molecule has 0 unspecified atom stereocenters. The number of aromatic amines is 1. The minimum atomic E-state index is -0.416. The van der Waals surface area contributed by atoms with E-state index in [1.807, 2.05) is 6.07 Å². The Kier molecular flexibility index (Phi) is 5.23. The van der Waals surface area contributed by atoms with Crippen molar-refractivity contribution in [1.82, 2.24) is 15.1 Å². The maximum absolute atomic E-state index is 12.5. The summed E-state index contributed by atoms with van der Waals surface area (Å²) in [4.78, 5) is 25.6. The van der Waals surface area contributed by atoms with Gasteiger partial charge in [-0.2, -0.15) is 5.10 Å². The van der Waals surface area contributed by atoms with Gasteiger partial charge in [-0.05, 0) is 24.3 Å². The van der Waals surface area contributed by atoms with Crippen molar-refractivity contribution < 1.29 is 14.3 Å². The van der Waals surface area contributed by atoms with Gasteiger partial charge in [0.25, 0.3) is 5.91 Å². The molecular formula is C17H19ClN4O3. The molecule has 1 aliphatic rings. The number of carbonyl (C=O) groups excluding carboxylic acids is 2. The van der Waals surface area contributed by atoms with Crippen molar-refractivity contribution in [2.45, 2.75) is 18.9 Å². The lowest BCUT2D eigenvalue weighted by molar-refractivity contribution is -0.120. The first-order valence-electron chi connectivity index (χ1n) is 8.02. The van der Waals surface area contributed by atoms with Crippen molar-refractivity contribution in [3.8, 4) is 5.75 Å². The highest BCUT2D eigenvalue weighted by atomic mass is 35.5. The monoisotopic (exact) mass is 362 g/mol. The first-order valence-corrected chi connectivity index (χ1v) is 8.40. The summed E-state index contributed by atoms with van der Waals surface area (Å²) in [6.07, 6.45) is 2.07. The lowest BCUT2D eigenvalue weighted by Crippen LogP contribution is -2.49. The van der Waals surface area contributed by atoms with Crippen LogP contribution in [0.3, 0.4) is 0 Å². The maximum atomic E-state index is 12.5. The number of piperidine rings is 1. The standard InChI is InChI=1S/C17H19ClN4O3/c18-12-2-1-3-13(9-12)25-15-5-7-22(10-11(15)8-16(19)23)17(24)14-4-6-20-21-14/h1-4,6,9,11,15H,5,7-8,10H2,(H2,19,23)(H,20,21)/t11-,15-/m0/s1. The van der Waals surface area contributed by atoms with Gasteiger partial charge in [0.1, 0.15) is 17.5 Å². The Morgan fingerprint density at radius 1 is 1.40 bits per heavy atom. The number of carbonyl (C=O) groups is 2. The number of likely N-dealkylation sites (tertiary alicyclic amines) is 1. The van der Waals surface area contributed by atoms with Crippen LogP contribution in [0, 0.1) is 5.92 Å². The van der Waals surface area contributed by atoms with Crippen molar-refractivity contribution >= 4 is 23.4 Å². The highest BCUT2D eigenvalue weighted by Gasteiger charge is 2.34. The number of primary amides is 1.